The Hall–Kier alpha value is -0.940. The normalized spacial score (nSPS) is 14.8. The highest BCUT2D eigenvalue weighted by Gasteiger charge is 2.30. The molecule has 0 aliphatic heterocycles. The summed E-state index contributed by atoms with van der Waals surface area (Å²) in [7, 11) is 0. The van der Waals surface area contributed by atoms with E-state index in [0.29, 0.717) is 5.56 Å². The zero-order valence-electron chi connectivity index (χ0n) is 7.57. The molecule has 0 amide bonds. The summed E-state index contributed by atoms with van der Waals surface area (Å²) in [6, 6.07) is 1.73. The number of hydrogen-bond acceptors (Lipinski definition) is 3. The molecule has 1 unspecified atom stereocenters. The van der Waals surface area contributed by atoms with Gasteiger partial charge in [-0.15, -0.1) is 0 Å². The molecule has 0 aromatic carbocycles. The quantitative estimate of drug-likeness (QED) is 0.857. The van der Waals surface area contributed by atoms with Gasteiger partial charge < -0.3 is 10.2 Å². The molecule has 0 bridgehead atoms. The predicted octanol–water partition coefficient (Wildman–Crippen LogP) is 1.22. The number of aliphatic hydroxyl groups is 1. The van der Waals surface area contributed by atoms with Crippen LogP contribution in [0.15, 0.2) is 22.9 Å². The Kier molecular flexibility index (Phi) is 3.23. The van der Waals surface area contributed by atoms with Gasteiger partial charge >= 0.3 is 5.97 Å². The molecule has 4 nitrogen and oxygen atoms in total. The minimum atomic E-state index is -1.75. The summed E-state index contributed by atoms with van der Waals surface area (Å²) in [6.07, 6.45) is 3.16. The fourth-order valence-corrected chi connectivity index (χ4v) is 1.44. The van der Waals surface area contributed by atoms with Gasteiger partial charge in [0.05, 0.1) is 0 Å². The Morgan fingerprint density at radius 2 is 2.29 bits per heavy atom. The van der Waals surface area contributed by atoms with Crippen molar-refractivity contribution in [3.8, 4) is 0 Å². The molecule has 0 saturated carbocycles. The lowest BCUT2D eigenvalue weighted by Gasteiger charge is -2.17. The monoisotopic (exact) mass is 259 g/mol. The molecule has 76 valence electrons. The number of pyridine rings is 1. The van der Waals surface area contributed by atoms with Gasteiger partial charge in [0.1, 0.15) is 0 Å². The van der Waals surface area contributed by atoms with Crippen LogP contribution in [-0.2, 0) is 11.2 Å². The van der Waals surface area contributed by atoms with Gasteiger partial charge in [0.15, 0.2) is 5.60 Å². The maximum Gasteiger partial charge on any atom is 0.335 e. The van der Waals surface area contributed by atoms with Gasteiger partial charge in [-0.1, -0.05) is 0 Å². The molecule has 14 heavy (non-hydrogen) atoms. The van der Waals surface area contributed by atoms with E-state index in [4.69, 9.17) is 5.11 Å². The summed E-state index contributed by atoms with van der Waals surface area (Å²) >= 11 is 3.22. The summed E-state index contributed by atoms with van der Waals surface area (Å²) in [5, 5.41) is 18.2. The Balaban J connectivity index is 2.83. The lowest BCUT2D eigenvalue weighted by Crippen LogP contribution is -2.37. The number of hydrogen-bond donors (Lipinski definition) is 2. The van der Waals surface area contributed by atoms with Crippen LogP contribution in [-0.4, -0.2) is 26.8 Å². The van der Waals surface area contributed by atoms with E-state index in [1.165, 1.54) is 13.1 Å². The van der Waals surface area contributed by atoms with Crippen LogP contribution in [0.1, 0.15) is 12.5 Å². The molecule has 1 aromatic rings. The van der Waals surface area contributed by atoms with Crippen LogP contribution in [0.2, 0.25) is 0 Å². The van der Waals surface area contributed by atoms with E-state index in [1.54, 1.807) is 12.3 Å². The Labute approximate surface area is 89.7 Å². The number of halogens is 1. The highest BCUT2D eigenvalue weighted by molar-refractivity contribution is 9.10. The lowest BCUT2D eigenvalue weighted by atomic mass is 9.98. The number of nitrogens with zero attached hydrogens (tertiary/aromatic N) is 1. The van der Waals surface area contributed by atoms with E-state index >= 15 is 0 Å². The van der Waals surface area contributed by atoms with Crippen LogP contribution in [0.3, 0.4) is 0 Å². The molecule has 1 atom stereocenters. The second kappa shape index (κ2) is 4.06. The molecular formula is C9H10BrNO3. The summed E-state index contributed by atoms with van der Waals surface area (Å²) in [5.41, 5.74) is -1.07. The molecule has 5 heteroatoms. The van der Waals surface area contributed by atoms with Gasteiger partial charge in [-0.2, -0.15) is 0 Å². The molecule has 0 radical (unpaired) electrons. The second-order valence-electron chi connectivity index (χ2n) is 3.27. The summed E-state index contributed by atoms with van der Waals surface area (Å²) in [6.45, 7) is 1.26. The minimum absolute atomic E-state index is 0.0365. The first-order valence-electron chi connectivity index (χ1n) is 3.97. The predicted molar refractivity (Wildman–Crippen MR) is 53.9 cm³/mol. The van der Waals surface area contributed by atoms with Crippen molar-refractivity contribution in [3.05, 3.63) is 28.5 Å². The Morgan fingerprint density at radius 3 is 2.79 bits per heavy atom. The third kappa shape index (κ3) is 2.78. The molecule has 0 spiro atoms. The SMILES string of the molecule is CC(O)(Cc1cncc(Br)c1)C(=O)O. The van der Waals surface area contributed by atoms with Crippen molar-refractivity contribution in [2.75, 3.05) is 0 Å². The van der Waals surface area contributed by atoms with E-state index in [0.717, 1.165) is 4.47 Å². The fraction of sp³-hybridized carbons (Fsp3) is 0.333. The largest absolute Gasteiger partial charge is 0.479 e. The number of carbonyl (C=O) groups is 1. The minimum Gasteiger partial charge on any atom is -0.479 e. The van der Waals surface area contributed by atoms with E-state index in [9.17, 15) is 9.90 Å². The topological polar surface area (TPSA) is 70.4 Å². The lowest BCUT2D eigenvalue weighted by molar-refractivity contribution is -0.156. The van der Waals surface area contributed by atoms with Gasteiger partial charge in [-0.05, 0) is 34.5 Å². The zero-order valence-corrected chi connectivity index (χ0v) is 9.15. The first-order valence-corrected chi connectivity index (χ1v) is 4.76. The smallest absolute Gasteiger partial charge is 0.335 e. The van der Waals surface area contributed by atoms with Crippen LogP contribution in [0.4, 0.5) is 0 Å². The molecule has 0 aliphatic carbocycles. The highest BCUT2D eigenvalue weighted by Crippen LogP contribution is 2.16. The third-order valence-corrected chi connectivity index (χ3v) is 2.20. The van der Waals surface area contributed by atoms with Crippen molar-refractivity contribution >= 4 is 21.9 Å². The first kappa shape index (κ1) is 11.1. The maximum atomic E-state index is 10.6. The van der Waals surface area contributed by atoms with Gasteiger partial charge in [-0.25, -0.2) is 4.79 Å². The second-order valence-corrected chi connectivity index (χ2v) is 4.18. The molecule has 0 saturated heterocycles. The van der Waals surface area contributed by atoms with E-state index in [1.807, 2.05) is 0 Å². The van der Waals surface area contributed by atoms with Crippen molar-refractivity contribution in [2.24, 2.45) is 0 Å². The number of carboxylic acid groups (broad SMARTS) is 1. The zero-order chi connectivity index (χ0) is 10.8. The average Bonchev–Trinajstić information content (AvgIpc) is 2.02. The van der Waals surface area contributed by atoms with Crippen LogP contribution in [0.25, 0.3) is 0 Å². The molecule has 2 N–H and O–H groups in total. The molecule has 1 aromatic heterocycles. The number of aromatic nitrogens is 1. The number of rotatable bonds is 3. The van der Waals surface area contributed by atoms with E-state index < -0.39 is 11.6 Å². The maximum absolute atomic E-state index is 10.6. The van der Waals surface area contributed by atoms with Crippen molar-refractivity contribution in [2.45, 2.75) is 18.9 Å². The van der Waals surface area contributed by atoms with Gasteiger partial charge in [0.25, 0.3) is 0 Å². The first-order chi connectivity index (χ1) is 6.42. The standard InChI is InChI=1S/C9H10BrNO3/c1-9(14,8(12)13)3-6-2-7(10)5-11-4-6/h2,4-5,14H,3H2,1H3,(H,12,13). The highest BCUT2D eigenvalue weighted by atomic mass is 79.9. The third-order valence-electron chi connectivity index (χ3n) is 1.77. The Morgan fingerprint density at radius 1 is 1.64 bits per heavy atom. The van der Waals surface area contributed by atoms with E-state index in [2.05, 4.69) is 20.9 Å². The number of carboxylic acids is 1. The van der Waals surface area contributed by atoms with Crippen molar-refractivity contribution in [3.63, 3.8) is 0 Å². The van der Waals surface area contributed by atoms with Crippen molar-refractivity contribution < 1.29 is 15.0 Å². The van der Waals surface area contributed by atoms with Crippen LogP contribution in [0, 0.1) is 0 Å². The summed E-state index contributed by atoms with van der Waals surface area (Å²) in [5.74, 6) is -1.24. The van der Waals surface area contributed by atoms with Crippen LogP contribution < -0.4 is 0 Å². The van der Waals surface area contributed by atoms with Crippen molar-refractivity contribution in [1.82, 2.24) is 4.98 Å². The van der Waals surface area contributed by atoms with Crippen LogP contribution in [0.5, 0.6) is 0 Å². The van der Waals surface area contributed by atoms with Gasteiger partial charge in [0, 0.05) is 23.3 Å². The van der Waals surface area contributed by atoms with Gasteiger partial charge in [0.2, 0.25) is 0 Å². The van der Waals surface area contributed by atoms with Crippen LogP contribution >= 0.6 is 15.9 Å². The van der Waals surface area contributed by atoms with Crippen molar-refractivity contribution in [1.29, 1.82) is 0 Å². The summed E-state index contributed by atoms with van der Waals surface area (Å²) < 4.78 is 0.760. The fourth-order valence-electron chi connectivity index (χ4n) is 1.03. The molecule has 1 heterocycles. The molecule has 0 aliphatic rings. The van der Waals surface area contributed by atoms with E-state index in [-0.39, 0.29) is 6.42 Å². The molecular weight excluding hydrogens is 250 g/mol. The number of aliphatic carboxylic acids is 1. The molecule has 1 rings (SSSR count). The average molecular weight is 260 g/mol. The summed E-state index contributed by atoms with van der Waals surface area (Å²) in [4.78, 5) is 14.5. The Bertz CT molecular complexity index is 352. The van der Waals surface area contributed by atoms with Gasteiger partial charge in [-0.3, -0.25) is 4.98 Å². The molecule has 0 fully saturated rings.